The van der Waals surface area contributed by atoms with E-state index in [1.807, 2.05) is 0 Å². The SMILES string of the molecule is COc1cc(NS(=O)(=O)c2ccc3c(c2)c(=O)n(C)c(=O)n3C)cc(OC)c1. The number of benzene rings is 2. The maximum atomic E-state index is 12.8. The van der Waals surface area contributed by atoms with Gasteiger partial charge in [0.1, 0.15) is 11.5 Å². The van der Waals surface area contributed by atoms with Gasteiger partial charge in [-0.15, -0.1) is 0 Å². The van der Waals surface area contributed by atoms with E-state index in [1.54, 1.807) is 6.07 Å². The standard InChI is InChI=1S/C18H19N3O6S/c1-20-16-6-5-14(10-15(16)17(22)21(2)18(20)23)28(24,25)19-11-7-12(26-3)9-13(8-11)27-4/h5-10,19H,1-4H3. The third kappa shape index (κ3) is 3.33. The molecule has 0 atom stereocenters. The van der Waals surface area contributed by atoms with Crippen molar-refractivity contribution in [3.05, 3.63) is 57.2 Å². The van der Waals surface area contributed by atoms with Gasteiger partial charge in [0.15, 0.2) is 0 Å². The fourth-order valence-corrected chi connectivity index (χ4v) is 3.89. The maximum Gasteiger partial charge on any atom is 0.330 e. The molecule has 10 heteroatoms. The molecule has 1 heterocycles. The molecule has 0 aliphatic rings. The number of aryl methyl sites for hydroxylation is 1. The first kappa shape index (κ1) is 19.5. The largest absolute Gasteiger partial charge is 0.497 e. The van der Waals surface area contributed by atoms with Crippen molar-refractivity contribution in [1.82, 2.24) is 9.13 Å². The van der Waals surface area contributed by atoms with Gasteiger partial charge in [-0.1, -0.05) is 0 Å². The van der Waals surface area contributed by atoms with E-state index < -0.39 is 21.3 Å². The van der Waals surface area contributed by atoms with Crippen molar-refractivity contribution < 1.29 is 17.9 Å². The van der Waals surface area contributed by atoms with Crippen molar-refractivity contribution in [1.29, 1.82) is 0 Å². The zero-order chi connectivity index (χ0) is 20.6. The van der Waals surface area contributed by atoms with E-state index >= 15 is 0 Å². The smallest absolute Gasteiger partial charge is 0.330 e. The molecule has 0 bridgehead atoms. The van der Waals surface area contributed by atoms with E-state index in [-0.39, 0.29) is 16.0 Å². The number of fused-ring (bicyclic) bond motifs is 1. The van der Waals surface area contributed by atoms with Crippen molar-refractivity contribution in [3.63, 3.8) is 0 Å². The monoisotopic (exact) mass is 405 g/mol. The topological polar surface area (TPSA) is 109 Å². The highest BCUT2D eigenvalue weighted by atomic mass is 32.2. The van der Waals surface area contributed by atoms with Crippen molar-refractivity contribution in [2.45, 2.75) is 4.90 Å². The average Bonchev–Trinajstić information content (AvgIpc) is 2.69. The minimum absolute atomic E-state index is 0.113. The van der Waals surface area contributed by atoms with Gasteiger partial charge in [0.2, 0.25) is 0 Å². The first-order valence-corrected chi connectivity index (χ1v) is 9.62. The van der Waals surface area contributed by atoms with Gasteiger partial charge in [-0.2, -0.15) is 0 Å². The first-order valence-electron chi connectivity index (χ1n) is 8.13. The van der Waals surface area contributed by atoms with E-state index in [1.165, 1.54) is 63.2 Å². The van der Waals surface area contributed by atoms with Gasteiger partial charge in [-0.05, 0) is 18.2 Å². The Balaban J connectivity index is 2.11. The molecule has 28 heavy (non-hydrogen) atoms. The second-order valence-electron chi connectivity index (χ2n) is 6.09. The third-order valence-electron chi connectivity index (χ3n) is 4.35. The van der Waals surface area contributed by atoms with E-state index in [0.29, 0.717) is 17.0 Å². The van der Waals surface area contributed by atoms with Crippen LogP contribution in [0, 0.1) is 0 Å². The van der Waals surface area contributed by atoms with Gasteiger partial charge < -0.3 is 9.47 Å². The Morgan fingerprint density at radius 1 is 0.893 bits per heavy atom. The molecule has 0 amide bonds. The number of rotatable bonds is 5. The van der Waals surface area contributed by atoms with E-state index in [2.05, 4.69) is 4.72 Å². The quantitative estimate of drug-likeness (QED) is 0.680. The molecule has 0 unspecified atom stereocenters. The molecular formula is C18H19N3O6S. The summed E-state index contributed by atoms with van der Waals surface area (Å²) < 4.78 is 40.6. The Hall–Kier alpha value is -3.27. The van der Waals surface area contributed by atoms with Crippen LogP contribution in [0.25, 0.3) is 10.9 Å². The summed E-state index contributed by atoms with van der Waals surface area (Å²) in [5.74, 6) is 0.832. The molecule has 0 fully saturated rings. The molecule has 148 valence electrons. The first-order chi connectivity index (χ1) is 13.2. The molecule has 0 saturated carbocycles. The molecule has 9 nitrogen and oxygen atoms in total. The van der Waals surface area contributed by atoms with Crippen molar-refractivity contribution in [2.24, 2.45) is 14.1 Å². The molecule has 1 N–H and O–H groups in total. The molecule has 0 aliphatic heterocycles. The van der Waals surface area contributed by atoms with Gasteiger partial charge in [-0.3, -0.25) is 18.7 Å². The number of sulfonamides is 1. The Morgan fingerprint density at radius 3 is 2.07 bits per heavy atom. The van der Waals surface area contributed by atoms with Crippen LogP contribution in [-0.4, -0.2) is 31.8 Å². The summed E-state index contributed by atoms with van der Waals surface area (Å²) in [6.45, 7) is 0. The van der Waals surface area contributed by atoms with Gasteiger partial charge in [-0.25, -0.2) is 13.2 Å². The highest BCUT2D eigenvalue weighted by Crippen LogP contribution is 2.28. The average molecular weight is 405 g/mol. The summed E-state index contributed by atoms with van der Waals surface area (Å²) in [5, 5.41) is 0.121. The summed E-state index contributed by atoms with van der Waals surface area (Å²) >= 11 is 0. The lowest BCUT2D eigenvalue weighted by atomic mass is 10.2. The highest BCUT2D eigenvalue weighted by Gasteiger charge is 2.18. The van der Waals surface area contributed by atoms with Crippen LogP contribution in [0.1, 0.15) is 0 Å². The lowest BCUT2D eigenvalue weighted by Gasteiger charge is -2.12. The van der Waals surface area contributed by atoms with Crippen LogP contribution in [0.3, 0.4) is 0 Å². The Bertz CT molecular complexity index is 1270. The van der Waals surface area contributed by atoms with E-state index in [4.69, 9.17) is 9.47 Å². The van der Waals surface area contributed by atoms with Crippen LogP contribution in [0.5, 0.6) is 11.5 Å². The molecule has 3 aromatic rings. The number of methoxy groups -OCH3 is 2. The number of ether oxygens (including phenoxy) is 2. The molecule has 1 aromatic heterocycles. The minimum Gasteiger partial charge on any atom is -0.497 e. The van der Waals surface area contributed by atoms with Crippen molar-refractivity contribution in [2.75, 3.05) is 18.9 Å². The molecule has 0 radical (unpaired) electrons. The Kier molecular flexibility index (Phi) is 4.90. The molecule has 2 aromatic carbocycles. The van der Waals surface area contributed by atoms with Gasteiger partial charge in [0.25, 0.3) is 15.6 Å². The van der Waals surface area contributed by atoms with Crippen LogP contribution < -0.4 is 25.4 Å². The van der Waals surface area contributed by atoms with Crippen LogP contribution in [0.4, 0.5) is 5.69 Å². The highest BCUT2D eigenvalue weighted by molar-refractivity contribution is 7.92. The lowest BCUT2D eigenvalue weighted by Crippen LogP contribution is -2.37. The van der Waals surface area contributed by atoms with Crippen LogP contribution in [-0.2, 0) is 24.1 Å². The number of nitrogens with one attached hydrogen (secondary N) is 1. The Labute approximate surface area is 160 Å². The summed E-state index contributed by atoms with van der Waals surface area (Å²) in [4.78, 5) is 24.3. The summed E-state index contributed by atoms with van der Waals surface area (Å²) in [6, 6.07) is 8.63. The molecule has 0 aliphatic carbocycles. The van der Waals surface area contributed by atoms with Gasteiger partial charge in [0.05, 0.1) is 35.7 Å². The van der Waals surface area contributed by atoms with Gasteiger partial charge >= 0.3 is 5.69 Å². The second kappa shape index (κ2) is 7.04. The van der Waals surface area contributed by atoms with Crippen LogP contribution in [0.15, 0.2) is 50.9 Å². The third-order valence-corrected chi connectivity index (χ3v) is 5.73. The van der Waals surface area contributed by atoms with E-state index in [9.17, 15) is 18.0 Å². The predicted molar refractivity (Wildman–Crippen MR) is 105 cm³/mol. The number of hydrogen-bond acceptors (Lipinski definition) is 6. The summed E-state index contributed by atoms with van der Waals surface area (Å²) in [6.07, 6.45) is 0. The van der Waals surface area contributed by atoms with Crippen LogP contribution in [0.2, 0.25) is 0 Å². The van der Waals surface area contributed by atoms with E-state index in [0.717, 1.165) is 4.57 Å². The number of hydrogen-bond donors (Lipinski definition) is 1. The predicted octanol–water partition coefficient (Wildman–Crippen LogP) is 1.06. The summed E-state index contributed by atoms with van der Waals surface area (Å²) in [5.41, 5.74) is -0.479. The Morgan fingerprint density at radius 2 is 1.50 bits per heavy atom. The zero-order valence-electron chi connectivity index (χ0n) is 15.7. The number of aromatic nitrogens is 2. The second-order valence-corrected chi connectivity index (χ2v) is 7.77. The normalized spacial score (nSPS) is 11.4. The molecule has 3 rings (SSSR count). The fourth-order valence-electron chi connectivity index (χ4n) is 2.82. The maximum absolute atomic E-state index is 12.8. The van der Waals surface area contributed by atoms with Crippen molar-refractivity contribution in [3.8, 4) is 11.5 Å². The fraction of sp³-hybridized carbons (Fsp3) is 0.222. The lowest BCUT2D eigenvalue weighted by molar-refractivity contribution is 0.395. The molecule has 0 saturated heterocycles. The van der Waals surface area contributed by atoms with Crippen molar-refractivity contribution >= 4 is 26.6 Å². The van der Waals surface area contributed by atoms with Crippen LogP contribution >= 0.6 is 0 Å². The molecular weight excluding hydrogens is 386 g/mol. The molecule has 0 spiro atoms. The minimum atomic E-state index is -4.00. The summed E-state index contributed by atoms with van der Waals surface area (Å²) in [7, 11) is 1.76. The zero-order valence-corrected chi connectivity index (χ0v) is 16.5. The van der Waals surface area contributed by atoms with Gasteiger partial charge in [0, 0.05) is 32.3 Å². The number of nitrogens with zero attached hydrogens (tertiary/aromatic N) is 2. The number of anilines is 1.